The Labute approximate surface area is 89.7 Å². The number of aryl methyl sites for hydroxylation is 2. The zero-order chi connectivity index (χ0) is 10.8. The zero-order valence-corrected chi connectivity index (χ0v) is 9.34. The van der Waals surface area contributed by atoms with Crippen LogP contribution >= 0.6 is 0 Å². The molecule has 1 aromatic heterocycles. The van der Waals surface area contributed by atoms with Crippen LogP contribution in [0.25, 0.3) is 0 Å². The Balaban J connectivity index is 2.49. The normalized spacial score (nSPS) is 14.8. The quantitative estimate of drug-likeness (QED) is 0.790. The van der Waals surface area contributed by atoms with Gasteiger partial charge in [-0.05, 0) is 32.6 Å². The summed E-state index contributed by atoms with van der Waals surface area (Å²) in [6.45, 7) is 2.78. The number of carbonyl (C=O) groups excluding carboxylic acids is 1. The predicted octanol–water partition coefficient (Wildman–Crippen LogP) is 1.14. The van der Waals surface area contributed by atoms with Gasteiger partial charge in [0.25, 0.3) is 5.91 Å². The average Bonchev–Trinajstić information content (AvgIpc) is 2.66. The number of hydrogen-bond donors (Lipinski definition) is 1. The molecule has 1 aliphatic carbocycles. The van der Waals surface area contributed by atoms with Crippen molar-refractivity contribution in [1.29, 1.82) is 0 Å². The number of carbonyl (C=O) groups is 1. The molecule has 0 aromatic carbocycles. The van der Waals surface area contributed by atoms with E-state index >= 15 is 0 Å². The highest BCUT2D eigenvalue weighted by Gasteiger charge is 2.23. The highest BCUT2D eigenvalue weighted by Crippen LogP contribution is 2.23. The van der Waals surface area contributed by atoms with E-state index in [1.807, 2.05) is 11.6 Å². The molecule has 0 fully saturated rings. The number of nitrogens with one attached hydrogen (secondary N) is 1. The van der Waals surface area contributed by atoms with Crippen LogP contribution in [0.3, 0.4) is 0 Å². The monoisotopic (exact) mass is 207 g/mol. The molecule has 0 aliphatic heterocycles. The molecule has 1 aromatic rings. The molecule has 1 aliphatic rings. The molecule has 0 unspecified atom stereocenters. The van der Waals surface area contributed by atoms with Gasteiger partial charge in [0.2, 0.25) is 0 Å². The van der Waals surface area contributed by atoms with Crippen LogP contribution in [-0.2, 0) is 19.4 Å². The highest BCUT2D eigenvalue weighted by molar-refractivity contribution is 5.94. The van der Waals surface area contributed by atoms with Crippen LogP contribution in [0.1, 0.15) is 41.5 Å². The molecule has 0 spiro atoms. The summed E-state index contributed by atoms with van der Waals surface area (Å²) in [5, 5.41) is 7.19. The fraction of sp³-hybridized carbons (Fsp3) is 0.636. The van der Waals surface area contributed by atoms with E-state index in [1.165, 1.54) is 18.4 Å². The van der Waals surface area contributed by atoms with Crippen LogP contribution in [0.2, 0.25) is 0 Å². The minimum atomic E-state index is -0.00694. The second-order valence-electron chi connectivity index (χ2n) is 3.88. The van der Waals surface area contributed by atoms with Gasteiger partial charge in [0, 0.05) is 19.2 Å². The van der Waals surface area contributed by atoms with Crippen LogP contribution in [0.5, 0.6) is 0 Å². The fourth-order valence-corrected chi connectivity index (χ4v) is 2.21. The Morgan fingerprint density at radius 1 is 1.47 bits per heavy atom. The number of hydrogen-bond acceptors (Lipinski definition) is 2. The van der Waals surface area contributed by atoms with Crippen molar-refractivity contribution < 1.29 is 4.79 Å². The topological polar surface area (TPSA) is 46.9 Å². The molecule has 4 heteroatoms. The van der Waals surface area contributed by atoms with Gasteiger partial charge in [-0.1, -0.05) is 0 Å². The molecule has 1 amide bonds. The number of amides is 1. The first-order valence-electron chi connectivity index (χ1n) is 5.58. The molecule has 0 bridgehead atoms. The molecule has 4 nitrogen and oxygen atoms in total. The maximum absolute atomic E-state index is 11.8. The van der Waals surface area contributed by atoms with Gasteiger partial charge in [-0.3, -0.25) is 9.48 Å². The minimum absolute atomic E-state index is 0.00694. The lowest BCUT2D eigenvalue weighted by molar-refractivity contribution is 0.0951. The van der Waals surface area contributed by atoms with E-state index in [1.54, 1.807) is 7.05 Å². The Morgan fingerprint density at radius 3 is 2.87 bits per heavy atom. The summed E-state index contributed by atoms with van der Waals surface area (Å²) in [6, 6.07) is 0. The van der Waals surface area contributed by atoms with E-state index in [2.05, 4.69) is 10.4 Å². The van der Waals surface area contributed by atoms with Gasteiger partial charge < -0.3 is 5.32 Å². The van der Waals surface area contributed by atoms with Crippen LogP contribution < -0.4 is 5.32 Å². The number of rotatable bonds is 2. The average molecular weight is 207 g/mol. The van der Waals surface area contributed by atoms with Gasteiger partial charge in [-0.2, -0.15) is 5.10 Å². The SMILES string of the molecule is CCn1nc2c(c1C(=O)NC)CCCC2. The highest BCUT2D eigenvalue weighted by atomic mass is 16.1. The maximum atomic E-state index is 11.8. The van der Waals surface area contributed by atoms with Crippen LogP contribution in [-0.4, -0.2) is 22.7 Å². The van der Waals surface area contributed by atoms with Crippen molar-refractivity contribution in [2.45, 2.75) is 39.2 Å². The Hall–Kier alpha value is -1.32. The number of nitrogens with zero attached hydrogens (tertiary/aromatic N) is 2. The lowest BCUT2D eigenvalue weighted by Crippen LogP contribution is -2.23. The van der Waals surface area contributed by atoms with Crippen LogP contribution in [0.4, 0.5) is 0 Å². The zero-order valence-electron chi connectivity index (χ0n) is 9.34. The summed E-state index contributed by atoms with van der Waals surface area (Å²) in [4.78, 5) is 11.8. The van der Waals surface area contributed by atoms with E-state index in [4.69, 9.17) is 0 Å². The third-order valence-corrected chi connectivity index (χ3v) is 2.97. The van der Waals surface area contributed by atoms with E-state index < -0.39 is 0 Å². The third-order valence-electron chi connectivity index (χ3n) is 2.97. The Bertz CT molecular complexity index is 381. The summed E-state index contributed by atoms with van der Waals surface area (Å²) in [7, 11) is 1.67. The molecule has 0 saturated heterocycles. The van der Waals surface area contributed by atoms with Crippen molar-refractivity contribution in [3.63, 3.8) is 0 Å². The second-order valence-corrected chi connectivity index (χ2v) is 3.88. The molecule has 2 rings (SSSR count). The predicted molar refractivity (Wildman–Crippen MR) is 57.9 cm³/mol. The number of fused-ring (bicyclic) bond motifs is 1. The third kappa shape index (κ3) is 1.64. The van der Waals surface area contributed by atoms with Gasteiger partial charge in [0.15, 0.2) is 0 Å². The second kappa shape index (κ2) is 4.04. The van der Waals surface area contributed by atoms with Gasteiger partial charge in [-0.15, -0.1) is 0 Å². The van der Waals surface area contributed by atoms with Gasteiger partial charge in [0.1, 0.15) is 5.69 Å². The lowest BCUT2D eigenvalue weighted by Gasteiger charge is -2.10. The van der Waals surface area contributed by atoms with E-state index in [-0.39, 0.29) is 5.91 Å². The van der Waals surface area contributed by atoms with E-state index in [0.717, 1.165) is 30.8 Å². The molecule has 0 saturated carbocycles. The van der Waals surface area contributed by atoms with Crippen molar-refractivity contribution in [1.82, 2.24) is 15.1 Å². The molecule has 82 valence electrons. The van der Waals surface area contributed by atoms with Crippen LogP contribution in [0, 0.1) is 0 Å². The summed E-state index contributed by atoms with van der Waals surface area (Å²) in [5.74, 6) is -0.00694. The molecular formula is C11H17N3O. The van der Waals surface area contributed by atoms with Crippen LogP contribution in [0.15, 0.2) is 0 Å². The van der Waals surface area contributed by atoms with Gasteiger partial charge in [0.05, 0.1) is 5.69 Å². The van der Waals surface area contributed by atoms with Crippen molar-refractivity contribution in [3.05, 3.63) is 17.0 Å². The number of aromatic nitrogens is 2. The smallest absolute Gasteiger partial charge is 0.269 e. The summed E-state index contributed by atoms with van der Waals surface area (Å²) >= 11 is 0. The first-order chi connectivity index (χ1) is 7.27. The van der Waals surface area contributed by atoms with Crippen molar-refractivity contribution in [2.24, 2.45) is 0 Å². The standard InChI is InChI=1S/C11H17N3O/c1-3-14-10(11(15)12-2)8-6-4-5-7-9(8)13-14/h3-7H2,1-2H3,(H,12,15). The summed E-state index contributed by atoms with van der Waals surface area (Å²) < 4.78 is 1.83. The summed E-state index contributed by atoms with van der Waals surface area (Å²) in [6.07, 6.45) is 4.39. The van der Waals surface area contributed by atoms with Crippen molar-refractivity contribution in [3.8, 4) is 0 Å². The first kappa shape index (κ1) is 10.2. The van der Waals surface area contributed by atoms with Gasteiger partial charge in [-0.25, -0.2) is 0 Å². The molecule has 0 atom stereocenters. The maximum Gasteiger partial charge on any atom is 0.269 e. The van der Waals surface area contributed by atoms with E-state index in [0.29, 0.717) is 0 Å². The van der Waals surface area contributed by atoms with E-state index in [9.17, 15) is 4.79 Å². The first-order valence-corrected chi connectivity index (χ1v) is 5.58. The fourth-order valence-electron chi connectivity index (χ4n) is 2.21. The molecule has 15 heavy (non-hydrogen) atoms. The molecule has 0 radical (unpaired) electrons. The molecule has 1 N–H and O–H groups in total. The Kier molecular flexibility index (Phi) is 2.75. The van der Waals surface area contributed by atoms with Crippen molar-refractivity contribution in [2.75, 3.05) is 7.05 Å². The Morgan fingerprint density at radius 2 is 2.20 bits per heavy atom. The van der Waals surface area contributed by atoms with Gasteiger partial charge >= 0.3 is 0 Å². The largest absolute Gasteiger partial charge is 0.354 e. The summed E-state index contributed by atoms with van der Waals surface area (Å²) in [5.41, 5.74) is 3.07. The molecule has 1 heterocycles. The lowest BCUT2D eigenvalue weighted by atomic mass is 9.96. The minimum Gasteiger partial charge on any atom is -0.354 e. The van der Waals surface area contributed by atoms with Crippen molar-refractivity contribution >= 4 is 5.91 Å². The molecular weight excluding hydrogens is 190 g/mol.